The number of carbonyl (C=O) groups excluding carboxylic acids is 3. The van der Waals surface area contributed by atoms with Gasteiger partial charge in [-0.3, -0.25) is 14.4 Å². The topological polar surface area (TPSA) is 78.9 Å². The molecule has 0 amide bonds. The van der Waals surface area contributed by atoms with E-state index in [9.17, 15) is 14.4 Å². The van der Waals surface area contributed by atoms with Crippen LogP contribution in [0.5, 0.6) is 0 Å². The van der Waals surface area contributed by atoms with Crippen LogP contribution < -0.4 is 0 Å². The zero-order chi connectivity index (χ0) is 55.7. The third-order valence-electron chi connectivity index (χ3n) is 14.7. The van der Waals surface area contributed by atoms with Gasteiger partial charge in [-0.2, -0.15) is 0 Å². The van der Waals surface area contributed by atoms with Crippen molar-refractivity contribution in [1.29, 1.82) is 0 Å². The fraction of sp³-hybridized carbons (Fsp3) is 0.789. The maximum Gasteiger partial charge on any atom is 0.306 e. The number of unbranched alkanes of at least 4 members (excludes halogenated alkanes) is 38. The summed E-state index contributed by atoms with van der Waals surface area (Å²) in [5.74, 6) is -0.865. The lowest BCUT2D eigenvalue weighted by molar-refractivity contribution is -0.167. The normalized spacial score (nSPS) is 12.5. The lowest BCUT2D eigenvalue weighted by Gasteiger charge is -2.18. The van der Waals surface area contributed by atoms with Gasteiger partial charge in [0.2, 0.25) is 0 Å². The fourth-order valence-corrected chi connectivity index (χ4v) is 9.71. The van der Waals surface area contributed by atoms with E-state index in [1.165, 1.54) is 199 Å². The van der Waals surface area contributed by atoms with E-state index in [1.54, 1.807) is 0 Å². The van der Waals surface area contributed by atoms with E-state index in [4.69, 9.17) is 14.2 Å². The standard InChI is InChI=1S/C71H126O6/c1-4-7-10-13-16-19-22-24-26-27-28-29-30-31-32-33-34-35-36-37-38-39-40-41-42-43-44-45-46-48-49-52-55-58-61-64-70(73)76-67-68(66-75-69(72)63-60-57-54-51-21-18-15-12-9-6-3)77-71(74)65-62-59-56-53-50-47-25-23-20-17-14-11-8-5-2/h7,10,12,15-16,19,24,26,28-29,31-32,68H,4-6,8-9,11,13-14,17-18,20-23,25,27,30,33-67H2,1-3H3/b10-7-,15-12-,19-16-,26-24-,29-28-,32-31-. The highest BCUT2D eigenvalue weighted by atomic mass is 16.6. The van der Waals surface area contributed by atoms with Crippen molar-refractivity contribution >= 4 is 17.9 Å². The minimum Gasteiger partial charge on any atom is -0.462 e. The van der Waals surface area contributed by atoms with Gasteiger partial charge in [-0.05, 0) is 83.5 Å². The van der Waals surface area contributed by atoms with Crippen molar-refractivity contribution in [2.75, 3.05) is 13.2 Å². The summed E-state index contributed by atoms with van der Waals surface area (Å²) < 4.78 is 16.9. The van der Waals surface area contributed by atoms with Crippen molar-refractivity contribution in [3.05, 3.63) is 72.9 Å². The Kier molecular flexibility index (Phi) is 62.7. The summed E-state index contributed by atoms with van der Waals surface area (Å²) in [7, 11) is 0. The van der Waals surface area contributed by atoms with Gasteiger partial charge < -0.3 is 14.2 Å². The van der Waals surface area contributed by atoms with Crippen LogP contribution in [0.4, 0.5) is 0 Å². The average Bonchev–Trinajstić information content (AvgIpc) is 3.43. The molecule has 0 saturated carbocycles. The molecule has 0 N–H and O–H groups in total. The molecule has 1 unspecified atom stereocenters. The van der Waals surface area contributed by atoms with Crippen LogP contribution >= 0.6 is 0 Å². The Balaban J connectivity index is 4.02. The van der Waals surface area contributed by atoms with Crippen molar-refractivity contribution in [2.45, 2.75) is 348 Å². The molecule has 446 valence electrons. The van der Waals surface area contributed by atoms with E-state index in [2.05, 4.69) is 93.7 Å². The quantitative estimate of drug-likeness (QED) is 0.0261. The monoisotopic (exact) mass is 1070 g/mol. The van der Waals surface area contributed by atoms with Gasteiger partial charge in [0.15, 0.2) is 6.10 Å². The van der Waals surface area contributed by atoms with Crippen molar-refractivity contribution in [1.82, 2.24) is 0 Å². The lowest BCUT2D eigenvalue weighted by Crippen LogP contribution is -2.30. The molecule has 0 fully saturated rings. The predicted octanol–water partition coefficient (Wildman–Crippen LogP) is 22.9. The summed E-state index contributed by atoms with van der Waals surface area (Å²) >= 11 is 0. The van der Waals surface area contributed by atoms with Gasteiger partial charge in [0.1, 0.15) is 13.2 Å². The summed E-state index contributed by atoms with van der Waals surface area (Å²) in [5.41, 5.74) is 0. The second-order valence-electron chi connectivity index (χ2n) is 22.4. The zero-order valence-electron chi connectivity index (χ0n) is 51.2. The third kappa shape index (κ3) is 63.6. The van der Waals surface area contributed by atoms with Crippen LogP contribution in [-0.4, -0.2) is 37.2 Å². The number of allylic oxidation sites excluding steroid dienone is 12. The smallest absolute Gasteiger partial charge is 0.306 e. The molecule has 6 heteroatoms. The van der Waals surface area contributed by atoms with Crippen LogP contribution in [0.2, 0.25) is 0 Å². The number of rotatable bonds is 61. The van der Waals surface area contributed by atoms with Crippen molar-refractivity contribution in [3.8, 4) is 0 Å². The van der Waals surface area contributed by atoms with E-state index in [-0.39, 0.29) is 31.1 Å². The SMILES string of the molecule is CC/C=C\C/C=C\C/C=C\C/C=C\C/C=C\CCCCCCCCCCCCCCCCCCCCCC(=O)OCC(COC(=O)CCCCCCC/C=C\CCC)OC(=O)CCCCCCCCCCCCCCCC. The van der Waals surface area contributed by atoms with Crippen molar-refractivity contribution in [3.63, 3.8) is 0 Å². The number of carbonyl (C=O) groups is 3. The molecular weight excluding hydrogens is 949 g/mol. The molecule has 0 heterocycles. The molecule has 0 radical (unpaired) electrons. The summed E-state index contributed by atoms with van der Waals surface area (Å²) in [6.45, 7) is 6.50. The molecular formula is C71H126O6. The maximum atomic E-state index is 12.9. The van der Waals surface area contributed by atoms with Crippen LogP contribution in [-0.2, 0) is 28.6 Å². The van der Waals surface area contributed by atoms with E-state index in [1.807, 2.05) is 0 Å². The summed E-state index contributed by atoms with van der Waals surface area (Å²) in [6.07, 6.45) is 85.2. The first-order chi connectivity index (χ1) is 38.0. The lowest BCUT2D eigenvalue weighted by atomic mass is 10.0. The van der Waals surface area contributed by atoms with Crippen LogP contribution in [0, 0.1) is 0 Å². The Bertz CT molecular complexity index is 1420. The van der Waals surface area contributed by atoms with Crippen LogP contribution in [0.3, 0.4) is 0 Å². The first-order valence-electron chi connectivity index (χ1n) is 33.4. The molecule has 0 aliphatic rings. The molecule has 1 atom stereocenters. The second-order valence-corrected chi connectivity index (χ2v) is 22.4. The van der Waals surface area contributed by atoms with E-state index >= 15 is 0 Å². The molecule has 0 aliphatic carbocycles. The van der Waals surface area contributed by atoms with Gasteiger partial charge in [0.25, 0.3) is 0 Å². The molecule has 77 heavy (non-hydrogen) atoms. The summed E-state index contributed by atoms with van der Waals surface area (Å²) in [6, 6.07) is 0. The molecule has 0 aromatic carbocycles. The molecule has 0 rings (SSSR count). The molecule has 6 nitrogen and oxygen atoms in total. The fourth-order valence-electron chi connectivity index (χ4n) is 9.71. The Hall–Kier alpha value is -3.15. The Labute approximate surface area is 478 Å². The van der Waals surface area contributed by atoms with Gasteiger partial charge in [0, 0.05) is 19.3 Å². The van der Waals surface area contributed by atoms with Gasteiger partial charge in [-0.1, -0.05) is 312 Å². The zero-order valence-corrected chi connectivity index (χ0v) is 51.2. The molecule has 0 aromatic rings. The predicted molar refractivity (Wildman–Crippen MR) is 335 cm³/mol. The van der Waals surface area contributed by atoms with Crippen LogP contribution in [0.25, 0.3) is 0 Å². The van der Waals surface area contributed by atoms with E-state index in [0.29, 0.717) is 19.3 Å². The minimum atomic E-state index is -0.773. The number of ether oxygens (including phenoxy) is 3. The van der Waals surface area contributed by atoms with Crippen LogP contribution in [0.1, 0.15) is 342 Å². The average molecular weight is 1080 g/mol. The molecule has 0 aromatic heterocycles. The Morgan fingerprint density at radius 2 is 0.532 bits per heavy atom. The first-order valence-corrected chi connectivity index (χ1v) is 33.4. The van der Waals surface area contributed by atoms with Gasteiger partial charge in [0.05, 0.1) is 0 Å². The van der Waals surface area contributed by atoms with Crippen molar-refractivity contribution in [2.24, 2.45) is 0 Å². The summed E-state index contributed by atoms with van der Waals surface area (Å²) in [4.78, 5) is 38.2. The van der Waals surface area contributed by atoms with Gasteiger partial charge in [-0.25, -0.2) is 0 Å². The molecule has 0 saturated heterocycles. The number of hydrogen-bond donors (Lipinski definition) is 0. The number of esters is 3. The maximum absolute atomic E-state index is 12.9. The largest absolute Gasteiger partial charge is 0.462 e. The molecule has 0 bridgehead atoms. The van der Waals surface area contributed by atoms with Crippen molar-refractivity contribution < 1.29 is 28.6 Å². The van der Waals surface area contributed by atoms with Gasteiger partial charge >= 0.3 is 17.9 Å². The highest BCUT2D eigenvalue weighted by Gasteiger charge is 2.19. The minimum absolute atomic E-state index is 0.0718. The second kappa shape index (κ2) is 65.4. The Morgan fingerprint density at radius 3 is 0.857 bits per heavy atom. The summed E-state index contributed by atoms with van der Waals surface area (Å²) in [5, 5.41) is 0. The highest BCUT2D eigenvalue weighted by molar-refractivity contribution is 5.71. The van der Waals surface area contributed by atoms with Crippen LogP contribution in [0.15, 0.2) is 72.9 Å². The highest BCUT2D eigenvalue weighted by Crippen LogP contribution is 2.18. The molecule has 0 spiro atoms. The third-order valence-corrected chi connectivity index (χ3v) is 14.7. The van der Waals surface area contributed by atoms with E-state index < -0.39 is 6.10 Å². The molecule has 0 aliphatic heterocycles. The Morgan fingerprint density at radius 1 is 0.273 bits per heavy atom. The first kappa shape index (κ1) is 73.8. The van der Waals surface area contributed by atoms with E-state index in [0.717, 1.165) is 103 Å². The van der Waals surface area contributed by atoms with Gasteiger partial charge in [-0.15, -0.1) is 0 Å². The number of hydrogen-bond acceptors (Lipinski definition) is 6.